The number of aromatic nitrogens is 3. The third-order valence-electron chi connectivity index (χ3n) is 3.20. The minimum Gasteiger partial charge on any atom is -0.354 e. The minimum absolute atomic E-state index is 0.517. The van der Waals surface area contributed by atoms with Crippen LogP contribution in [-0.4, -0.2) is 40.3 Å². The van der Waals surface area contributed by atoms with Crippen LogP contribution in [-0.2, 0) is 0 Å². The quantitative estimate of drug-likeness (QED) is 0.790. The zero-order valence-electron chi connectivity index (χ0n) is 10.2. The van der Waals surface area contributed by atoms with E-state index in [4.69, 9.17) is 0 Å². The molecule has 1 saturated heterocycles. The molecule has 2 aromatic heterocycles. The fraction of sp³-hybridized carbons (Fsp3) is 0.500. The van der Waals surface area contributed by atoms with Crippen LogP contribution < -0.4 is 10.2 Å². The first-order valence-electron chi connectivity index (χ1n) is 6.03. The van der Waals surface area contributed by atoms with E-state index in [1.807, 2.05) is 4.52 Å². The maximum Gasteiger partial charge on any atom is 0.157 e. The number of nitrogens with one attached hydrogen (secondary N) is 1. The highest BCUT2D eigenvalue weighted by Crippen LogP contribution is 2.19. The zero-order valence-corrected chi connectivity index (χ0v) is 10.2. The van der Waals surface area contributed by atoms with E-state index in [9.17, 15) is 0 Å². The Kier molecular flexibility index (Phi) is 2.48. The first-order chi connectivity index (χ1) is 8.24. The van der Waals surface area contributed by atoms with Gasteiger partial charge < -0.3 is 10.2 Å². The van der Waals surface area contributed by atoms with Crippen LogP contribution in [0.3, 0.4) is 0 Å². The first-order valence-corrected chi connectivity index (χ1v) is 6.03. The lowest BCUT2D eigenvalue weighted by atomic mass is 10.2. The molecule has 1 atom stereocenters. The van der Waals surface area contributed by atoms with Gasteiger partial charge >= 0.3 is 0 Å². The molecule has 0 radical (unpaired) electrons. The summed E-state index contributed by atoms with van der Waals surface area (Å²) in [5, 5.41) is 7.75. The molecule has 5 heteroatoms. The van der Waals surface area contributed by atoms with Crippen molar-refractivity contribution in [2.24, 2.45) is 0 Å². The van der Waals surface area contributed by atoms with E-state index in [2.05, 4.69) is 46.3 Å². The number of hydrogen-bond acceptors (Lipinski definition) is 4. The Bertz CT molecular complexity index is 533. The number of fused-ring (bicyclic) bond motifs is 1. The minimum atomic E-state index is 0.517. The van der Waals surface area contributed by atoms with Crippen LogP contribution >= 0.6 is 0 Å². The first kappa shape index (κ1) is 10.5. The lowest BCUT2D eigenvalue weighted by molar-refractivity contribution is 0.480. The summed E-state index contributed by atoms with van der Waals surface area (Å²) in [7, 11) is 0. The molecule has 0 saturated carbocycles. The molecule has 90 valence electrons. The van der Waals surface area contributed by atoms with Crippen LogP contribution in [0.25, 0.3) is 5.65 Å². The maximum atomic E-state index is 4.30. The van der Waals surface area contributed by atoms with E-state index in [0.29, 0.717) is 6.04 Å². The Balaban J connectivity index is 2.06. The molecule has 17 heavy (non-hydrogen) atoms. The van der Waals surface area contributed by atoms with Crippen molar-refractivity contribution < 1.29 is 0 Å². The van der Waals surface area contributed by atoms with Gasteiger partial charge in [-0.15, -0.1) is 0 Å². The number of rotatable bonds is 1. The average molecular weight is 231 g/mol. The van der Waals surface area contributed by atoms with Gasteiger partial charge in [0.15, 0.2) is 5.65 Å². The number of pyridine rings is 1. The van der Waals surface area contributed by atoms with Gasteiger partial charge in [0.25, 0.3) is 0 Å². The summed E-state index contributed by atoms with van der Waals surface area (Å²) in [5.74, 6) is 1.14. The van der Waals surface area contributed by atoms with Gasteiger partial charge in [0.1, 0.15) is 12.1 Å². The molecule has 1 N–H and O–H groups in total. The highest BCUT2D eigenvalue weighted by atomic mass is 15.4. The van der Waals surface area contributed by atoms with Crippen molar-refractivity contribution in [1.29, 1.82) is 0 Å². The SMILES string of the molecule is Cc1cc(N2CCNC(C)C2)n2ncnc2c1. The number of aryl methyl sites for hydroxylation is 1. The molecule has 1 aliphatic heterocycles. The van der Waals surface area contributed by atoms with E-state index in [1.54, 1.807) is 6.33 Å². The molecule has 3 heterocycles. The van der Waals surface area contributed by atoms with Crippen molar-refractivity contribution in [3.63, 3.8) is 0 Å². The molecular formula is C12H17N5. The molecular weight excluding hydrogens is 214 g/mol. The lowest BCUT2D eigenvalue weighted by Crippen LogP contribution is -2.49. The fourth-order valence-electron chi connectivity index (χ4n) is 2.40. The molecule has 0 amide bonds. The van der Waals surface area contributed by atoms with Crippen molar-refractivity contribution >= 4 is 11.5 Å². The standard InChI is InChI=1S/C12H17N5/c1-9-5-11-14-8-15-17(11)12(6-9)16-4-3-13-10(2)7-16/h5-6,8,10,13H,3-4,7H2,1-2H3. The van der Waals surface area contributed by atoms with E-state index in [0.717, 1.165) is 31.1 Å². The fourth-order valence-corrected chi connectivity index (χ4v) is 2.40. The predicted octanol–water partition coefficient (Wildman–Crippen LogP) is 0.836. The van der Waals surface area contributed by atoms with Gasteiger partial charge in [-0.05, 0) is 31.5 Å². The van der Waals surface area contributed by atoms with Gasteiger partial charge in [-0.25, -0.2) is 4.98 Å². The average Bonchev–Trinajstić information content (AvgIpc) is 2.75. The van der Waals surface area contributed by atoms with Crippen molar-refractivity contribution in [2.45, 2.75) is 19.9 Å². The van der Waals surface area contributed by atoms with Crippen LogP contribution in [0.15, 0.2) is 18.5 Å². The Morgan fingerprint density at radius 2 is 2.29 bits per heavy atom. The molecule has 0 spiro atoms. The Hall–Kier alpha value is -1.62. The number of nitrogens with zero attached hydrogens (tertiary/aromatic N) is 4. The molecule has 1 unspecified atom stereocenters. The molecule has 0 aromatic carbocycles. The Labute approximate surface area is 100 Å². The summed E-state index contributed by atoms with van der Waals surface area (Å²) in [6, 6.07) is 4.75. The van der Waals surface area contributed by atoms with E-state index < -0.39 is 0 Å². The van der Waals surface area contributed by atoms with Crippen LogP contribution in [0, 0.1) is 6.92 Å². The molecule has 5 nitrogen and oxygen atoms in total. The topological polar surface area (TPSA) is 45.5 Å². The highest BCUT2D eigenvalue weighted by molar-refractivity contribution is 5.53. The summed E-state index contributed by atoms with van der Waals surface area (Å²) in [5.41, 5.74) is 2.15. The monoisotopic (exact) mass is 231 g/mol. The molecule has 0 aliphatic carbocycles. The second kappa shape index (κ2) is 4.00. The molecule has 1 fully saturated rings. The zero-order chi connectivity index (χ0) is 11.8. The van der Waals surface area contributed by atoms with Crippen molar-refractivity contribution in [1.82, 2.24) is 19.9 Å². The molecule has 3 rings (SSSR count). The third kappa shape index (κ3) is 1.86. The summed E-state index contributed by atoms with van der Waals surface area (Å²) in [6.07, 6.45) is 1.61. The number of anilines is 1. The van der Waals surface area contributed by atoms with Crippen LogP contribution in [0.5, 0.6) is 0 Å². The largest absolute Gasteiger partial charge is 0.354 e. The van der Waals surface area contributed by atoms with Crippen molar-refractivity contribution in [2.75, 3.05) is 24.5 Å². The van der Waals surface area contributed by atoms with E-state index >= 15 is 0 Å². The normalized spacial score (nSPS) is 21.1. The summed E-state index contributed by atoms with van der Waals surface area (Å²) in [4.78, 5) is 6.63. The molecule has 1 aliphatic rings. The number of hydrogen-bond donors (Lipinski definition) is 1. The maximum absolute atomic E-state index is 4.30. The summed E-state index contributed by atoms with van der Waals surface area (Å²) >= 11 is 0. The third-order valence-corrected chi connectivity index (χ3v) is 3.20. The van der Waals surface area contributed by atoms with Crippen molar-refractivity contribution in [3.05, 3.63) is 24.0 Å². The van der Waals surface area contributed by atoms with Gasteiger partial charge in [0.05, 0.1) is 0 Å². The lowest BCUT2D eigenvalue weighted by Gasteiger charge is -2.33. The Morgan fingerprint density at radius 3 is 3.12 bits per heavy atom. The smallest absolute Gasteiger partial charge is 0.157 e. The van der Waals surface area contributed by atoms with E-state index in [-0.39, 0.29) is 0 Å². The van der Waals surface area contributed by atoms with Gasteiger partial charge in [0, 0.05) is 25.7 Å². The van der Waals surface area contributed by atoms with Gasteiger partial charge in [0.2, 0.25) is 0 Å². The summed E-state index contributed by atoms with van der Waals surface area (Å²) in [6.45, 7) is 7.36. The summed E-state index contributed by atoms with van der Waals surface area (Å²) < 4.78 is 1.92. The Morgan fingerprint density at radius 1 is 1.41 bits per heavy atom. The van der Waals surface area contributed by atoms with Crippen LogP contribution in [0.4, 0.5) is 5.82 Å². The second-order valence-electron chi connectivity index (χ2n) is 4.72. The van der Waals surface area contributed by atoms with Gasteiger partial charge in [-0.3, -0.25) is 0 Å². The van der Waals surface area contributed by atoms with Crippen molar-refractivity contribution in [3.8, 4) is 0 Å². The van der Waals surface area contributed by atoms with E-state index in [1.165, 1.54) is 5.56 Å². The second-order valence-corrected chi connectivity index (χ2v) is 4.72. The molecule has 0 bridgehead atoms. The number of piperazine rings is 1. The van der Waals surface area contributed by atoms with Crippen LogP contribution in [0.1, 0.15) is 12.5 Å². The van der Waals surface area contributed by atoms with Gasteiger partial charge in [-0.1, -0.05) is 0 Å². The molecule has 2 aromatic rings. The van der Waals surface area contributed by atoms with Crippen LogP contribution in [0.2, 0.25) is 0 Å². The van der Waals surface area contributed by atoms with Gasteiger partial charge in [-0.2, -0.15) is 9.61 Å². The predicted molar refractivity (Wildman–Crippen MR) is 67.4 cm³/mol. The highest BCUT2D eigenvalue weighted by Gasteiger charge is 2.18.